The summed E-state index contributed by atoms with van der Waals surface area (Å²) < 4.78 is 0. The van der Waals surface area contributed by atoms with Crippen LogP contribution in [0.4, 0.5) is 0 Å². The van der Waals surface area contributed by atoms with Crippen molar-refractivity contribution in [1.29, 1.82) is 0 Å². The predicted octanol–water partition coefficient (Wildman–Crippen LogP) is 5.45. The molecular weight excluding hydrogens is 192 g/mol. The Kier molecular flexibility index (Phi) is 9.80. The van der Waals surface area contributed by atoms with Gasteiger partial charge in [-0.2, -0.15) is 0 Å². The van der Waals surface area contributed by atoms with Gasteiger partial charge in [0.2, 0.25) is 0 Å². The zero-order chi connectivity index (χ0) is 12.2. The second kappa shape index (κ2) is 10.5. The summed E-state index contributed by atoms with van der Waals surface area (Å²) in [5.41, 5.74) is 1.45. The smallest absolute Gasteiger partial charge is 0.0101 e. The third kappa shape index (κ3) is 7.28. The van der Waals surface area contributed by atoms with Gasteiger partial charge in [-0.1, -0.05) is 63.3 Å². The highest BCUT2D eigenvalue weighted by molar-refractivity contribution is 5.24. The maximum absolute atomic E-state index is 2.36. The van der Waals surface area contributed by atoms with E-state index in [2.05, 4.69) is 56.4 Å². The van der Waals surface area contributed by atoms with Crippen molar-refractivity contribution in [2.45, 2.75) is 47.0 Å². The first-order valence-electron chi connectivity index (χ1n) is 6.46. The van der Waals surface area contributed by atoms with E-state index in [1.165, 1.54) is 12.0 Å². The highest BCUT2D eigenvalue weighted by Gasteiger charge is 1.99. The Balaban J connectivity index is 0.00000106. The molecule has 0 fully saturated rings. The van der Waals surface area contributed by atoms with Gasteiger partial charge in [0.05, 0.1) is 0 Å². The van der Waals surface area contributed by atoms with Crippen LogP contribution in [0.2, 0.25) is 0 Å². The normalized spacial score (nSPS) is 20.5. The van der Waals surface area contributed by atoms with E-state index in [0.717, 1.165) is 12.8 Å². The molecular formula is C16H26. The zero-order valence-corrected chi connectivity index (χ0v) is 11.2. The van der Waals surface area contributed by atoms with Gasteiger partial charge in [-0.25, -0.2) is 0 Å². The molecule has 90 valence electrons. The van der Waals surface area contributed by atoms with Gasteiger partial charge in [-0.3, -0.25) is 0 Å². The van der Waals surface area contributed by atoms with Crippen LogP contribution in [0.15, 0.2) is 48.1 Å². The van der Waals surface area contributed by atoms with Crippen LogP contribution < -0.4 is 0 Å². The van der Waals surface area contributed by atoms with Gasteiger partial charge in [0.1, 0.15) is 0 Å². The third-order valence-electron chi connectivity index (χ3n) is 2.41. The molecule has 0 nitrogen and oxygen atoms in total. The van der Waals surface area contributed by atoms with E-state index >= 15 is 0 Å². The summed E-state index contributed by atoms with van der Waals surface area (Å²) in [6.07, 6.45) is 19.0. The van der Waals surface area contributed by atoms with Gasteiger partial charge in [0, 0.05) is 0 Å². The molecule has 1 aliphatic carbocycles. The van der Waals surface area contributed by atoms with Gasteiger partial charge < -0.3 is 0 Å². The molecule has 0 saturated carbocycles. The van der Waals surface area contributed by atoms with E-state index in [1.54, 1.807) is 0 Å². The summed E-state index contributed by atoms with van der Waals surface area (Å²) in [4.78, 5) is 0. The molecule has 0 saturated heterocycles. The predicted molar refractivity (Wildman–Crippen MR) is 75.5 cm³/mol. The van der Waals surface area contributed by atoms with Gasteiger partial charge in [0.15, 0.2) is 0 Å². The Labute approximate surface area is 101 Å². The molecule has 0 heterocycles. The van der Waals surface area contributed by atoms with Crippen LogP contribution >= 0.6 is 0 Å². The lowest BCUT2D eigenvalue weighted by atomic mass is 10.1. The van der Waals surface area contributed by atoms with E-state index in [-0.39, 0.29) is 0 Å². The monoisotopic (exact) mass is 218 g/mol. The lowest BCUT2D eigenvalue weighted by Gasteiger charge is -1.97. The Morgan fingerprint density at radius 3 is 2.75 bits per heavy atom. The highest BCUT2D eigenvalue weighted by atomic mass is 14.0. The standard InChI is InChI=1S/C14H20.C2H6/c1-3-4-5-6-9-14-10-7-8-13(2)11-12-14;1-2/h3-4,6-9,12-13H,5,10-11H2,1-2H3;1-2H3/b4-3-,9-6+;. The van der Waals surface area contributed by atoms with Gasteiger partial charge in [-0.05, 0) is 37.7 Å². The first-order valence-corrected chi connectivity index (χ1v) is 6.46. The average molecular weight is 218 g/mol. The summed E-state index contributed by atoms with van der Waals surface area (Å²) in [5, 5.41) is 0. The van der Waals surface area contributed by atoms with Crippen LogP contribution in [0.5, 0.6) is 0 Å². The van der Waals surface area contributed by atoms with Crippen molar-refractivity contribution >= 4 is 0 Å². The highest BCUT2D eigenvalue weighted by Crippen LogP contribution is 2.16. The van der Waals surface area contributed by atoms with Crippen molar-refractivity contribution < 1.29 is 0 Å². The Bertz CT molecular complexity index is 264. The lowest BCUT2D eigenvalue weighted by Crippen LogP contribution is -1.83. The largest absolute Gasteiger partial charge is 0.0914 e. The maximum Gasteiger partial charge on any atom is -0.0101 e. The number of hydrogen-bond donors (Lipinski definition) is 0. The first kappa shape index (κ1) is 15.0. The average Bonchev–Trinajstić information content (AvgIpc) is 2.53. The molecule has 0 aromatic rings. The molecule has 0 radical (unpaired) electrons. The fraction of sp³-hybridized carbons (Fsp3) is 0.500. The molecule has 16 heavy (non-hydrogen) atoms. The summed E-state index contributed by atoms with van der Waals surface area (Å²) in [6, 6.07) is 0. The molecule has 0 N–H and O–H groups in total. The van der Waals surface area contributed by atoms with Crippen molar-refractivity contribution in [3.05, 3.63) is 48.1 Å². The molecule has 1 rings (SSSR count). The van der Waals surface area contributed by atoms with Crippen molar-refractivity contribution in [2.24, 2.45) is 5.92 Å². The summed E-state index contributed by atoms with van der Waals surface area (Å²) in [5.74, 6) is 0.705. The van der Waals surface area contributed by atoms with Gasteiger partial charge in [-0.15, -0.1) is 0 Å². The summed E-state index contributed by atoms with van der Waals surface area (Å²) >= 11 is 0. The van der Waals surface area contributed by atoms with E-state index < -0.39 is 0 Å². The molecule has 1 aliphatic rings. The van der Waals surface area contributed by atoms with Crippen LogP contribution in [0, 0.1) is 5.92 Å². The van der Waals surface area contributed by atoms with Crippen molar-refractivity contribution in [2.75, 3.05) is 0 Å². The fourth-order valence-electron chi connectivity index (χ4n) is 1.51. The van der Waals surface area contributed by atoms with Crippen LogP contribution in [0.3, 0.4) is 0 Å². The second-order valence-corrected chi connectivity index (χ2v) is 3.83. The number of allylic oxidation sites excluding steroid dienone is 8. The van der Waals surface area contributed by atoms with E-state index in [0.29, 0.717) is 5.92 Å². The van der Waals surface area contributed by atoms with Crippen LogP contribution in [0.25, 0.3) is 0 Å². The van der Waals surface area contributed by atoms with Crippen molar-refractivity contribution in [3.8, 4) is 0 Å². The van der Waals surface area contributed by atoms with E-state index in [9.17, 15) is 0 Å². The second-order valence-electron chi connectivity index (χ2n) is 3.83. The van der Waals surface area contributed by atoms with Gasteiger partial charge >= 0.3 is 0 Å². The van der Waals surface area contributed by atoms with Crippen LogP contribution in [-0.2, 0) is 0 Å². The number of rotatable bonds is 3. The molecule has 0 aliphatic heterocycles. The van der Waals surface area contributed by atoms with Crippen LogP contribution in [-0.4, -0.2) is 0 Å². The quantitative estimate of drug-likeness (QED) is 0.553. The molecule has 0 heteroatoms. The summed E-state index contributed by atoms with van der Waals surface area (Å²) in [7, 11) is 0. The molecule has 1 unspecified atom stereocenters. The molecule has 0 aromatic carbocycles. The van der Waals surface area contributed by atoms with Crippen molar-refractivity contribution in [1.82, 2.24) is 0 Å². The molecule has 0 amide bonds. The molecule has 0 bridgehead atoms. The Hall–Kier alpha value is -1.04. The van der Waals surface area contributed by atoms with Crippen LogP contribution in [0.1, 0.15) is 47.0 Å². The Morgan fingerprint density at radius 2 is 2.06 bits per heavy atom. The fourth-order valence-corrected chi connectivity index (χ4v) is 1.51. The molecule has 1 atom stereocenters. The lowest BCUT2D eigenvalue weighted by molar-refractivity contribution is 0.746. The first-order chi connectivity index (χ1) is 7.83. The third-order valence-corrected chi connectivity index (χ3v) is 2.41. The summed E-state index contributed by atoms with van der Waals surface area (Å²) in [6.45, 7) is 8.32. The maximum atomic E-state index is 2.36. The SMILES string of the molecule is C/C=C\C/C=C/C1=CCC(C)C=CC1.CC. The minimum atomic E-state index is 0.705. The van der Waals surface area contributed by atoms with E-state index in [4.69, 9.17) is 0 Å². The van der Waals surface area contributed by atoms with E-state index in [1.807, 2.05) is 13.8 Å². The molecule has 0 spiro atoms. The molecule has 0 aromatic heterocycles. The minimum absolute atomic E-state index is 0.705. The van der Waals surface area contributed by atoms with Crippen molar-refractivity contribution in [3.63, 3.8) is 0 Å². The zero-order valence-electron chi connectivity index (χ0n) is 11.2. The van der Waals surface area contributed by atoms with Gasteiger partial charge in [0.25, 0.3) is 0 Å². The topological polar surface area (TPSA) is 0 Å². The Morgan fingerprint density at radius 1 is 1.31 bits per heavy atom. The number of hydrogen-bond acceptors (Lipinski definition) is 0. The minimum Gasteiger partial charge on any atom is -0.0914 e.